The third-order valence-corrected chi connectivity index (χ3v) is 4.25. The molecule has 2 rings (SSSR count). The molecule has 0 bridgehead atoms. The molecule has 0 aromatic carbocycles. The third-order valence-electron chi connectivity index (χ3n) is 4.08. The molecular formula is C15H25ClN4O. The molecule has 118 valence electrons. The van der Waals surface area contributed by atoms with Gasteiger partial charge in [-0.1, -0.05) is 20.8 Å². The van der Waals surface area contributed by atoms with Crippen LogP contribution in [0.5, 0.6) is 6.01 Å². The molecule has 1 aliphatic heterocycles. The average molecular weight is 313 g/mol. The lowest BCUT2D eigenvalue weighted by Gasteiger charge is -2.29. The van der Waals surface area contributed by atoms with Gasteiger partial charge in [-0.15, -0.1) is 0 Å². The largest absolute Gasteiger partial charge is 0.464 e. The van der Waals surface area contributed by atoms with Crippen LogP contribution < -0.4 is 9.64 Å². The van der Waals surface area contributed by atoms with Gasteiger partial charge in [-0.3, -0.25) is 0 Å². The Morgan fingerprint density at radius 1 is 1.19 bits per heavy atom. The summed E-state index contributed by atoms with van der Waals surface area (Å²) in [6.45, 7) is 11.3. The Bertz CT molecular complexity index is 475. The maximum absolute atomic E-state index is 5.98. The van der Waals surface area contributed by atoms with Gasteiger partial charge >= 0.3 is 6.01 Å². The van der Waals surface area contributed by atoms with Gasteiger partial charge in [0.05, 0.1) is 6.61 Å². The highest BCUT2D eigenvalue weighted by Crippen LogP contribution is 2.34. The van der Waals surface area contributed by atoms with Gasteiger partial charge in [-0.2, -0.15) is 15.0 Å². The molecule has 1 saturated heterocycles. The van der Waals surface area contributed by atoms with E-state index in [0.717, 1.165) is 31.8 Å². The molecule has 1 aromatic rings. The Morgan fingerprint density at radius 2 is 1.95 bits per heavy atom. The third kappa shape index (κ3) is 4.43. The first-order valence-electron chi connectivity index (χ1n) is 7.69. The van der Waals surface area contributed by atoms with Crippen LogP contribution in [0, 0.1) is 11.3 Å². The molecule has 1 atom stereocenters. The van der Waals surface area contributed by atoms with Gasteiger partial charge in [0.15, 0.2) is 0 Å². The minimum atomic E-state index is 0.195. The quantitative estimate of drug-likeness (QED) is 0.854. The van der Waals surface area contributed by atoms with E-state index >= 15 is 0 Å². The number of hydrogen-bond acceptors (Lipinski definition) is 5. The second-order valence-corrected chi connectivity index (χ2v) is 6.94. The molecule has 0 amide bonds. The highest BCUT2D eigenvalue weighted by Gasteiger charge is 2.28. The van der Waals surface area contributed by atoms with Gasteiger partial charge in [0.25, 0.3) is 0 Å². The molecule has 0 aliphatic carbocycles. The van der Waals surface area contributed by atoms with E-state index in [1.807, 2.05) is 6.92 Å². The summed E-state index contributed by atoms with van der Waals surface area (Å²) < 4.78 is 5.35. The molecule has 1 unspecified atom stereocenters. The van der Waals surface area contributed by atoms with Crippen molar-refractivity contribution in [3.8, 4) is 6.01 Å². The van der Waals surface area contributed by atoms with Crippen LogP contribution in [0.2, 0.25) is 5.28 Å². The van der Waals surface area contributed by atoms with Crippen LogP contribution in [0.1, 0.15) is 47.0 Å². The van der Waals surface area contributed by atoms with Crippen molar-refractivity contribution < 1.29 is 4.74 Å². The van der Waals surface area contributed by atoms with E-state index in [0.29, 0.717) is 24.0 Å². The van der Waals surface area contributed by atoms with E-state index in [1.165, 1.54) is 6.42 Å². The Hall–Kier alpha value is -1.10. The van der Waals surface area contributed by atoms with Crippen molar-refractivity contribution in [3.63, 3.8) is 0 Å². The second kappa shape index (κ2) is 6.77. The first-order valence-corrected chi connectivity index (χ1v) is 8.07. The van der Waals surface area contributed by atoms with Crippen LogP contribution in [-0.2, 0) is 0 Å². The van der Waals surface area contributed by atoms with Crippen molar-refractivity contribution in [1.82, 2.24) is 15.0 Å². The van der Waals surface area contributed by atoms with Crippen LogP contribution in [0.4, 0.5) is 5.95 Å². The van der Waals surface area contributed by atoms with Gasteiger partial charge < -0.3 is 9.64 Å². The molecule has 5 nitrogen and oxygen atoms in total. The van der Waals surface area contributed by atoms with Crippen molar-refractivity contribution in [1.29, 1.82) is 0 Å². The lowest BCUT2D eigenvalue weighted by Crippen LogP contribution is -2.28. The molecular weight excluding hydrogens is 288 g/mol. The normalized spacial score (nSPS) is 20.2. The van der Waals surface area contributed by atoms with E-state index in [-0.39, 0.29) is 5.28 Å². The highest BCUT2D eigenvalue weighted by molar-refractivity contribution is 6.28. The standard InChI is InChI=1S/C15H25ClN4O/c1-5-21-14-18-12(16)17-13(19-14)20-9-6-7-11(8-10-20)15(2,3)4/h11H,5-10H2,1-4H3. The number of hydrogen-bond donors (Lipinski definition) is 0. The lowest BCUT2D eigenvalue weighted by atomic mass is 9.77. The molecule has 21 heavy (non-hydrogen) atoms. The predicted octanol–water partition coefficient (Wildman–Crippen LogP) is 3.58. The lowest BCUT2D eigenvalue weighted by molar-refractivity contribution is 0.220. The molecule has 1 aromatic heterocycles. The number of nitrogens with zero attached hydrogens (tertiary/aromatic N) is 4. The van der Waals surface area contributed by atoms with E-state index in [2.05, 4.69) is 40.6 Å². The maximum atomic E-state index is 5.98. The molecule has 6 heteroatoms. The summed E-state index contributed by atoms with van der Waals surface area (Å²) in [5.74, 6) is 1.36. The predicted molar refractivity (Wildman–Crippen MR) is 85.0 cm³/mol. The molecule has 0 radical (unpaired) electrons. The fourth-order valence-corrected chi connectivity index (χ4v) is 2.97. The number of halogens is 1. The van der Waals surface area contributed by atoms with Gasteiger partial charge in [0.2, 0.25) is 11.2 Å². The van der Waals surface area contributed by atoms with Gasteiger partial charge in [0.1, 0.15) is 0 Å². The average Bonchev–Trinajstić information content (AvgIpc) is 2.63. The summed E-state index contributed by atoms with van der Waals surface area (Å²) in [5.41, 5.74) is 0.350. The van der Waals surface area contributed by atoms with Gasteiger partial charge in [-0.05, 0) is 49.1 Å². The van der Waals surface area contributed by atoms with Gasteiger partial charge in [0, 0.05) is 13.1 Å². The summed E-state index contributed by atoms with van der Waals surface area (Å²) in [6, 6.07) is 0.309. The summed E-state index contributed by atoms with van der Waals surface area (Å²) in [5, 5.41) is 0.195. The Morgan fingerprint density at radius 3 is 2.62 bits per heavy atom. The molecule has 2 heterocycles. The van der Waals surface area contributed by atoms with E-state index in [1.54, 1.807) is 0 Å². The van der Waals surface area contributed by atoms with Crippen LogP contribution in [0.25, 0.3) is 0 Å². The minimum absolute atomic E-state index is 0.195. The maximum Gasteiger partial charge on any atom is 0.322 e. The van der Waals surface area contributed by atoms with E-state index in [9.17, 15) is 0 Å². The zero-order chi connectivity index (χ0) is 15.5. The zero-order valence-corrected chi connectivity index (χ0v) is 14.2. The summed E-state index contributed by atoms with van der Waals surface area (Å²) in [4.78, 5) is 14.8. The van der Waals surface area contributed by atoms with Crippen LogP contribution in [0.15, 0.2) is 0 Å². The Kier molecular flexibility index (Phi) is 5.25. The fraction of sp³-hybridized carbons (Fsp3) is 0.800. The highest BCUT2D eigenvalue weighted by atomic mass is 35.5. The number of anilines is 1. The second-order valence-electron chi connectivity index (χ2n) is 6.60. The van der Waals surface area contributed by atoms with Crippen molar-refractivity contribution in [3.05, 3.63) is 5.28 Å². The first kappa shape index (κ1) is 16.3. The van der Waals surface area contributed by atoms with Crippen molar-refractivity contribution in [2.45, 2.75) is 47.0 Å². The van der Waals surface area contributed by atoms with Crippen LogP contribution in [0.3, 0.4) is 0 Å². The zero-order valence-electron chi connectivity index (χ0n) is 13.4. The Labute approximate surface area is 132 Å². The summed E-state index contributed by atoms with van der Waals surface area (Å²) in [7, 11) is 0. The first-order chi connectivity index (χ1) is 9.90. The molecule has 0 saturated carbocycles. The molecule has 1 aliphatic rings. The SMILES string of the molecule is CCOc1nc(Cl)nc(N2CCCC(C(C)(C)C)CC2)n1. The molecule has 0 N–H and O–H groups in total. The monoisotopic (exact) mass is 312 g/mol. The summed E-state index contributed by atoms with van der Waals surface area (Å²) in [6.07, 6.45) is 3.54. The molecule has 1 fully saturated rings. The Balaban J connectivity index is 2.12. The van der Waals surface area contributed by atoms with Crippen molar-refractivity contribution in [2.75, 3.05) is 24.6 Å². The van der Waals surface area contributed by atoms with Crippen LogP contribution >= 0.6 is 11.6 Å². The van der Waals surface area contributed by atoms with Crippen molar-refractivity contribution >= 4 is 17.5 Å². The smallest absolute Gasteiger partial charge is 0.322 e. The molecule has 0 spiro atoms. The number of rotatable bonds is 3. The van der Waals surface area contributed by atoms with Crippen LogP contribution in [-0.4, -0.2) is 34.6 Å². The topological polar surface area (TPSA) is 51.1 Å². The number of aromatic nitrogens is 3. The minimum Gasteiger partial charge on any atom is -0.464 e. The van der Waals surface area contributed by atoms with E-state index < -0.39 is 0 Å². The van der Waals surface area contributed by atoms with Gasteiger partial charge in [-0.25, -0.2) is 0 Å². The van der Waals surface area contributed by atoms with Crippen molar-refractivity contribution in [2.24, 2.45) is 11.3 Å². The number of ether oxygens (including phenoxy) is 1. The van der Waals surface area contributed by atoms with E-state index in [4.69, 9.17) is 16.3 Å². The summed E-state index contributed by atoms with van der Waals surface area (Å²) >= 11 is 5.98. The fourth-order valence-electron chi connectivity index (χ4n) is 2.82.